The van der Waals surface area contributed by atoms with Crippen molar-refractivity contribution < 1.29 is 18.7 Å². The van der Waals surface area contributed by atoms with Gasteiger partial charge in [-0.15, -0.1) is 0 Å². The van der Waals surface area contributed by atoms with Gasteiger partial charge < -0.3 is 15.4 Å². The number of aromatic nitrogens is 6. The fourth-order valence-corrected chi connectivity index (χ4v) is 6.37. The van der Waals surface area contributed by atoms with E-state index in [0.29, 0.717) is 31.5 Å². The minimum Gasteiger partial charge on any atom is -0.481 e. The van der Waals surface area contributed by atoms with E-state index >= 15 is 0 Å². The predicted octanol–water partition coefficient (Wildman–Crippen LogP) is 2.55. The molecule has 4 aromatic rings. The van der Waals surface area contributed by atoms with Crippen LogP contribution in [0.3, 0.4) is 0 Å². The number of hydrogen-bond donors (Lipinski definition) is 2. The summed E-state index contributed by atoms with van der Waals surface area (Å²) >= 11 is 0. The van der Waals surface area contributed by atoms with Crippen LogP contribution in [0.1, 0.15) is 59.3 Å². The van der Waals surface area contributed by atoms with Crippen LogP contribution in [0.4, 0.5) is 4.39 Å². The highest BCUT2D eigenvalue weighted by Gasteiger charge is 2.63. The number of piperidine rings is 1. The number of primary amides is 1. The highest BCUT2D eigenvalue weighted by molar-refractivity contribution is 5.95. The number of nitrogens with one attached hydrogen (secondary N) is 1. The van der Waals surface area contributed by atoms with E-state index in [1.807, 2.05) is 12.3 Å². The Morgan fingerprint density at radius 2 is 2.15 bits per heavy atom. The summed E-state index contributed by atoms with van der Waals surface area (Å²) in [4.78, 5) is 36.7. The number of carbonyl (C=O) groups is 2. The Morgan fingerprint density at radius 1 is 1.29 bits per heavy atom. The fourth-order valence-electron chi connectivity index (χ4n) is 6.37. The molecule has 12 nitrogen and oxygen atoms in total. The molecule has 5 heterocycles. The molecule has 0 aromatic carbocycles. The van der Waals surface area contributed by atoms with E-state index in [2.05, 4.69) is 26.3 Å². The van der Waals surface area contributed by atoms with Gasteiger partial charge in [0.2, 0.25) is 11.8 Å². The molecule has 3 aliphatic rings. The summed E-state index contributed by atoms with van der Waals surface area (Å²) in [6, 6.07) is 7.13. The molecule has 3 fully saturated rings. The Labute approximate surface area is 233 Å². The van der Waals surface area contributed by atoms with Crippen LogP contribution in [0, 0.1) is 29.0 Å². The third kappa shape index (κ3) is 4.01. The van der Waals surface area contributed by atoms with Crippen molar-refractivity contribution in [2.75, 3.05) is 13.7 Å². The lowest BCUT2D eigenvalue weighted by Gasteiger charge is -2.40. The molecule has 5 atom stereocenters. The Morgan fingerprint density at radius 3 is 2.90 bits per heavy atom. The van der Waals surface area contributed by atoms with E-state index in [4.69, 9.17) is 15.5 Å². The van der Waals surface area contributed by atoms with E-state index in [9.17, 15) is 19.2 Å². The van der Waals surface area contributed by atoms with Crippen LogP contribution in [0.15, 0.2) is 36.8 Å². The van der Waals surface area contributed by atoms with Crippen molar-refractivity contribution in [2.24, 2.45) is 17.6 Å². The number of hydrogen-bond acceptors (Lipinski definition) is 8. The Balaban J connectivity index is 1.21. The molecule has 13 heteroatoms. The van der Waals surface area contributed by atoms with Gasteiger partial charge in [0.05, 0.1) is 42.7 Å². The van der Waals surface area contributed by atoms with Gasteiger partial charge in [-0.05, 0) is 37.8 Å². The highest BCUT2D eigenvalue weighted by atomic mass is 19.1. The van der Waals surface area contributed by atoms with Crippen molar-refractivity contribution in [3.05, 3.63) is 59.6 Å². The van der Waals surface area contributed by atoms with E-state index in [-0.39, 0.29) is 58.3 Å². The number of aromatic amines is 1. The van der Waals surface area contributed by atoms with E-state index in [1.54, 1.807) is 15.6 Å². The van der Waals surface area contributed by atoms with Gasteiger partial charge in [0.25, 0.3) is 5.91 Å². The van der Waals surface area contributed by atoms with Crippen molar-refractivity contribution in [1.82, 2.24) is 34.7 Å². The monoisotopic (exact) mass is 555 g/mol. The zero-order valence-electron chi connectivity index (χ0n) is 22.1. The van der Waals surface area contributed by atoms with Crippen LogP contribution in [-0.2, 0) is 4.79 Å². The van der Waals surface area contributed by atoms with Gasteiger partial charge in [0.1, 0.15) is 5.69 Å². The maximum absolute atomic E-state index is 14.5. The molecule has 7 rings (SSSR count). The number of pyridine rings is 1. The molecule has 3 N–H and O–H groups in total. The largest absolute Gasteiger partial charge is 0.481 e. The summed E-state index contributed by atoms with van der Waals surface area (Å²) in [5.74, 6) is -1.43. The van der Waals surface area contributed by atoms with Crippen molar-refractivity contribution in [2.45, 2.75) is 43.1 Å². The van der Waals surface area contributed by atoms with Crippen LogP contribution in [0.5, 0.6) is 5.88 Å². The molecule has 1 spiro atoms. The lowest BCUT2D eigenvalue weighted by atomic mass is 9.86. The second-order valence-corrected chi connectivity index (χ2v) is 11.1. The minimum absolute atomic E-state index is 0.0209. The maximum Gasteiger partial charge on any atom is 0.272 e. The number of H-pyrrole nitrogens is 1. The Kier molecular flexibility index (Phi) is 5.57. The number of ether oxygens (including phenoxy) is 1. The number of fused-ring (bicyclic) bond motifs is 1. The van der Waals surface area contributed by atoms with Crippen LogP contribution in [-0.4, -0.2) is 65.7 Å². The first-order valence-corrected chi connectivity index (χ1v) is 13.4. The quantitative estimate of drug-likeness (QED) is 0.366. The second kappa shape index (κ2) is 9.09. The Hall–Kier alpha value is -4.86. The number of nitrogens with zero attached hydrogens (tertiary/aromatic N) is 7. The summed E-state index contributed by atoms with van der Waals surface area (Å²) in [5, 5.41) is 20.7. The zero-order chi connectivity index (χ0) is 28.5. The lowest BCUT2D eigenvalue weighted by Crippen LogP contribution is -2.51. The number of carbonyl (C=O) groups excluding carboxylic acids is 2. The van der Waals surface area contributed by atoms with Gasteiger partial charge in [-0.2, -0.15) is 15.5 Å². The molecule has 0 radical (unpaired) electrons. The van der Waals surface area contributed by atoms with Gasteiger partial charge in [-0.25, -0.2) is 18.9 Å². The first-order chi connectivity index (χ1) is 19.8. The summed E-state index contributed by atoms with van der Waals surface area (Å²) in [6.45, 7) is 0.332. The third-order valence-corrected chi connectivity index (χ3v) is 8.79. The number of halogens is 1. The summed E-state index contributed by atoms with van der Waals surface area (Å²) in [5.41, 5.74) is 8.12. The molecule has 2 aliphatic carbocycles. The normalized spacial score (nSPS) is 26.6. The molecular formula is C28H26FN9O3. The van der Waals surface area contributed by atoms with E-state index in [1.165, 1.54) is 19.2 Å². The highest BCUT2D eigenvalue weighted by Crippen LogP contribution is 2.61. The van der Waals surface area contributed by atoms with E-state index in [0.717, 1.165) is 23.9 Å². The fraction of sp³-hybridized carbons (Fsp3) is 0.393. The van der Waals surface area contributed by atoms with Gasteiger partial charge in [0, 0.05) is 53.4 Å². The first-order valence-electron chi connectivity index (χ1n) is 13.4. The number of nitrogens with two attached hydrogens (primary N) is 1. The van der Waals surface area contributed by atoms with Gasteiger partial charge in [-0.3, -0.25) is 14.7 Å². The molecule has 41 heavy (non-hydrogen) atoms. The van der Waals surface area contributed by atoms with Crippen molar-refractivity contribution in [1.29, 1.82) is 5.26 Å². The zero-order valence-corrected chi connectivity index (χ0v) is 22.1. The molecule has 4 aromatic heterocycles. The molecule has 0 bridgehead atoms. The molecule has 1 aliphatic heterocycles. The molecule has 208 valence electrons. The second-order valence-electron chi connectivity index (χ2n) is 11.1. The standard InChI is InChI=1S/C28H26FN9O3/c1-41-24-7-17(20(29)13-32-24)22-8-23(36-35-22)27(40)37-4-2-14(25(31)39)9-28(37)10-19(28)18-12-33-38-5-3-21(34-26(18)38)16-6-15(16)11-30/h3,5,7-8,12-16,19H,2,4,6,9-10H2,1H3,(H2,31,39)(H,35,36)/t14?,15-,16+,19?,28?/m1/s1. The smallest absolute Gasteiger partial charge is 0.272 e. The average Bonchev–Trinajstić information content (AvgIpc) is 3.79. The Bertz CT molecular complexity index is 1760. The van der Waals surface area contributed by atoms with E-state index < -0.39 is 11.4 Å². The SMILES string of the molecule is COc1cc(-c2cc(C(=O)N3CCC(C(N)=O)CC34CC4c3cnn4ccc([C@H]5C[C@@H]5C#N)nc34)[nH]n2)c(F)cn1. The lowest BCUT2D eigenvalue weighted by molar-refractivity contribution is -0.124. The van der Waals surface area contributed by atoms with Gasteiger partial charge in [-0.1, -0.05) is 0 Å². The number of likely N-dealkylation sites (tertiary alicyclic amines) is 1. The topological polar surface area (TPSA) is 168 Å². The molecule has 3 unspecified atom stereocenters. The van der Waals surface area contributed by atoms with Crippen LogP contribution in [0.25, 0.3) is 16.9 Å². The minimum atomic E-state index is -0.651. The molecular weight excluding hydrogens is 529 g/mol. The summed E-state index contributed by atoms with van der Waals surface area (Å²) in [6.07, 6.45) is 6.94. The number of nitriles is 1. The number of methoxy groups -OCH3 is 1. The maximum atomic E-state index is 14.5. The molecule has 2 amide bonds. The van der Waals surface area contributed by atoms with Crippen LogP contribution >= 0.6 is 0 Å². The van der Waals surface area contributed by atoms with Crippen molar-refractivity contribution >= 4 is 17.5 Å². The average molecular weight is 556 g/mol. The molecule has 1 saturated heterocycles. The molecule has 2 saturated carbocycles. The van der Waals surface area contributed by atoms with Crippen LogP contribution < -0.4 is 10.5 Å². The number of amides is 2. The van der Waals surface area contributed by atoms with Gasteiger partial charge >= 0.3 is 0 Å². The van der Waals surface area contributed by atoms with Crippen molar-refractivity contribution in [3.8, 4) is 23.2 Å². The summed E-state index contributed by atoms with van der Waals surface area (Å²) < 4.78 is 21.3. The van der Waals surface area contributed by atoms with Gasteiger partial charge in [0.15, 0.2) is 11.5 Å². The third-order valence-electron chi connectivity index (χ3n) is 8.79. The first kappa shape index (κ1) is 25.1. The predicted molar refractivity (Wildman–Crippen MR) is 141 cm³/mol. The number of rotatable bonds is 6. The van der Waals surface area contributed by atoms with Crippen molar-refractivity contribution in [3.63, 3.8) is 0 Å². The summed E-state index contributed by atoms with van der Waals surface area (Å²) in [7, 11) is 1.43. The van der Waals surface area contributed by atoms with Crippen LogP contribution in [0.2, 0.25) is 0 Å².